The number of halogens is 2. The van der Waals surface area contributed by atoms with Gasteiger partial charge in [0.15, 0.2) is 6.29 Å². The molecule has 24 heavy (non-hydrogen) atoms. The number of hydrogen-bond acceptors (Lipinski definition) is 4. The summed E-state index contributed by atoms with van der Waals surface area (Å²) in [7, 11) is 0. The lowest BCUT2D eigenvalue weighted by molar-refractivity contribution is -0.136. The van der Waals surface area contributed by atoms with Crippen LogP contribution in [0.15, 0.2) is 24.3 Å². The van der Waals surface area contributed by atoms with Gasteiger partial charge in [0.25, 0.3) is 0 Å². The first-order chi connectivity index (χ1) is 11.6. The molecule has 0 aliphatic carbocycles. The number of ether oxygens (including phenoxy) is 3. The maximum atomic E-state index is 12.4. The van der Waals surface area contributed by atoms with E-state index in [-0.39, 0.29) is 24.4 Å². The molecular formula is C17H21F2NO4. The zero-order chi connectivity index (χ0) is 16.9. The SMILES string of the molecule is O=C(Cc1ccc(OC(F)F)cc1)N1CCC(C2OCCO2)CC1. The van der Waals surface area contributed by atoms with E-state index in [4.69, 9.17) is 9.47 Å². The first-order valence-corrected chi connectivity index (χ1v) is 8.16. The highest BCUT2D eigenvalue weighted by atomic mass is 19.3. The predicted octanol–water partition coefficient (Wildman–Crippen LogP) is 2.44. The lowest BCUT2D eigenvalue weighted by Crippen LogP contribution is -2.42. The van der Waals surface area contributed by atoms with Crippen LogP contribution in [0.3, 0.4) is 0 Å². The summed E-state index contributed by atoms with van der Waals surface area (Å²) < 4.78 is 39.6. The van der Waals surface area contributed by atoms with E-state index >= 15 is 0 Å². The van der Waals surface area contributed by atoms with Crippen molar-refractivity contribution in [1.82, 2.24) is 4.90 Å². The van der Waals surface area contributed by atoms with Gasteiger partial charge in [0.1, 0.15) is 5.75 Å². The second-order valence-electron chi connectivity index (χ2n) is 6.03. The molecule has 1 aromatic carbocycles. The topological polar surface area (TPSA) is 48.0 Å². The van der Waals surface area contributed by atoms with Crippen LogP contribution in [-0.4, -0.2) is 50.0 Å². The summed E-state index contributed by atoms with van der Waals surface area (Å²) in [4.78, 5) is 14.2. The van der Waals surface area contributed by atoms with E-state index in [9.17, 15) is 13.6 Å². The highest BCUT2D eigenvalue weighted by Crippen LogP contribution is 2.26. The molecule has 2 heterocycles. The molecule has 1 aromatic rings. The molecule has 5 nitrogen and oxygen atoms in total. The zero-order valence-corrected chi connectivity index (χ0v) is 13.3. The molecule has 1 amide bonds. The standard InChI is InChI=1S/C17H21F2NO4/c18-17(19)24-14-3-1-12(2-4-14)11-15(21)20-7-5-13(6-8-20)16-22-9-10-23-16/h1-4,13,16-17H,5-11H2. The predicted molar refractivity (Wildman–Crippen MR) is 81.8 cm³/mol. The second-order valence-corrected chi connectivity index (χ2v) is 6.03. The summed E-state index contributed by atoms with van der Waals surface area (Å²) in [5.74, 6) is 0.491. The molecular weight excluding hydrogens is 320 g/mol. The first kappa shape index (κ1) is 17.1. The van der Waals surface area contributed by atoms with Gasteiger partial charge >= 0.3 is 6.61 Å². The first-order valence-electron chi connectivity index (χ1n) is 8.16. The molecule has 132 valence electrons. The highest BCUT2D eigenvalue weighted by molar-refractivity contribution is 5.78. The van der Waals surface area contributed by atoms with Crippen LogP contribution in [0, 0.1) is 5.92 Å². The second kappa shape index (κ2) is 7.90. The van der Waals surface area contributed by atoms with E-state index in [1.165, 1.54) is 12.1 Å². The Morgan fingerprint density at radius 2 is 1.79 bits per heavy atom. The smallest absolute Gasteiger partial charge is 0.387 e. The third-order valence-corrected chi connectivity index (χ3v) is 4.43. The summed E-state index contributed by atoms with van der Waals surface area (Å²) >= 11 is 0. The van der Waals surface area contributed by atoms with Gasteiger partial charge in [-0.1, -0.05) is 12.1 Å². The van der Waals surface area contributed by atoms with Crippen LogP contribution >= 0.6 is 0 Å². The molecule has 0 N–H and O–H groups in total. The number of rotatable bonds is 5. The largest absolute Gasteiger partial charge is 0.435 e. The van der Waals surface area contributed by atoms with Gasteiger partial charge < -0.3 is 19.1 Å². The lowest BCUT2D eigenvalue weighted by Gasteiger charge is -2.34. The number of carbonyl (C=O) groups excluding carboxylic acids is 1. The van der Waals surface area contributed by atoms with Crippen molar-refractivity contribution >= 4 is 5.91 Å². The van der Waals surface area contributed by atoms with E-state index < -0.39 is 6.61 Å². The van der Waals surface area contributed by atoms with Gasteiger partial charge in [0, 0.05) is 19.0 Å². The van der Waals surface area contributed by atoms with Crippen LogP contribution in [0.4, 0.5) is 8.78 Å². The molecule has 3 rings (SSSR count). The van der Waals surface area contributed by atoms with Crippen molar-refractivity contribution in [1.29, 1.82) is 0 Å². The average molecular weight is 341 g/mol. The van der Waals surface area contributed by atoms with E-state index in [1.807, 2.05) is 4.90 Å². The monoisotopic (exact) mass is 341 g/mol. The average Bonchev–Trinajstić information content (AvgIpc) is 3.11. The fourth-order valence-electron chi connectivity index (χ4n) is 3.15. The van der Waals surface area contributed by atoms with Crippen LogP contribution in [-0.2, 0) is 20.7 Å². The van der Waals surface area contributed by atoms with Gasteiger partial charge in [0.2, 0.25) is 5.91 Å². The number of alkyl halides is 2. The molecule has 0 unspecified atom stereocenters. The number of hydrogen-bond donors (Lipinski definition) is 0. The summed E-state index contributed by atoms with van der Waals surface area (Å²) in [5, 5.41) is 0. The maximum Gasteiger partial charge on any atom is 0.387 e. The fraction of sp³-hybridized carbons (Fsp3) is 0.588. The maximum absolute atomic E-state index is 12.4. The third kappa shape index (κ3) is 4.42. The number of likely N-dealkylation sites (tertiary alicyclic amines) is 1. The van der Waals surface area contributed by atoms with Crippen molar-refractivity contribution in [3.8, 4) is 5.75 Å². The quantitative estimate of drug-likeness (QED) is 0.825. The Morgan fingerprint density at radius 1 is 1.17 bits per heavy atom. The normalized spacial score (nSPS) is 19.9. The summed E-state index contributed by atoms with van der Waals surface area (Å²) in [6, 6.07) is 6.19. The number of benzene rings is 1. The van der Waals surface area contributed by atoms with Gasteiger partial charge in [-0.05, 0) is 30.5 Å². The summed E-state index contributed by atoms with van der Waals surface area (Å²) in [5.41, 5.74) is 0.784. The number of nitrogens with zero attached hydrogens (tertiary/aromatic N) is 1. The minimum atomic E-state index is -2.84. The van der Waals surface area contributed by atoms with Crippen LogP contribution in [0.5, 0.6) is 5.75 Å². The van der Waals surface area contributed by atoms with Crippen molar-refractivity contribution in [3.05, 3.63) is 29.8 Å². The Bertz CT molecular complexity index is 538. The van der Waals surface area contributed by atoms with Gasteiger partial charge in [0.05, 0.1) is 19.6 Å². The van der Waals surface area contributed by atoms with Crippen molar-refractivity contribution < 1.29 is 27.8 Å². The Balaban J connectivity index is 1.47. The van der Waals surface area contributed by atoms with Crippen LogP contribution < -0.4 is 4.74 Å². The molecule has 0 bridgehead atoms. The molecule has 2 saturated heterocycles. The van der Waals surface area contributed by atoms with E-state index in [0.717, 1.165) is 18.4 Å². The van der Waals surface area contributed by atoms with Crippen LogP contribution in [0.25, 0.3) is 0 Å². The van der Waals surface area contributed by atoms with Gasteiger partial charge in [-0.15, -0.1) is 0 Å². The molecule has 0 aromatic heterocycles. The Morgan fingerprint density at radius 3 is 2.38 bits per heavy atom. The molecule has 0 radical (unpaired) electrons. The Hall–Kier alpha value is -1.73. The van der Waals surface area contributed by atoms with Crippen LogP contribution in [0.2, 0.25) is 0 Å². The van der Waals surface area contributed by atoms with Crippen molar-refractivity contribution in [2.24, 2.45) is 5.92 Å². The Labute approximate surface area is 139 Å². The van der Waals surface area contributed by atoms with Crippen molar-refractivity contribution in [3.63, 3.8) is 0 Å². The van der Waals surface area contributed by atoms with E-state index in [1.54, 1.807) is 12.1 Å². The van der Waals surface area contributed by atoms with Crippen LogP contribution in [0.1, 0.15) is 18.4 Å². The zero-order valence-electron chi connectivity index (χ0n) is 13.3. The lowest BCUT2D eigenvalue weighted by atomic mass is 9.95. The summed E-state index contributed by atoms with van der Waals surface area (Å²) in [6.07, 6.45) is 1.88. The third-order valence-electron chi connectivity index (χ3n) is 4.43. The minimum Gasteiger partial charge on any atom is -0.435 e. The molecule has 2 fully saturated rings. The van der Waals surface area contributed by atoms with Gasteiger partial charge in [-0.3, -0.25) is 4.79 Å². The van der Waals surface area contributed by atoms with Gasteiger partial charge in [-0.2, -0.15) is 8.78 Å². The molecule has 0 atom stereocenters. The molecule has 0 saturated carbocycles. The highest BCUT2D eigenvalue weighted by Gasteiger charge is 2.31. The molecule has 2 aliphatic rings. The number of carbonyl (C=O) groups is 1. The fourth-order valence-corrected chi connectivity index (χ4v) is 3.15. The summed E-state index contributed by atoms with van der Waals surface area (Å²) in [6.45, 7) is -0.158. The Kier molecular flexibility index (Phi) is 5.63. The van der Waals surface area contributed by atoms with Crippen molar-refractivity contribution in [2.75, 3.05) is 26.3 Å². The molecule has 7 heteroatoms. The number of amides is 1. The minimum absolute atomic E-state index is 0.0456. The molecule has 2 aliphatic heterocycles. The van der Waals surface area contributed by atoms with E-state index in [2.05, 4.69) is 4.74 Å². The van der Waals surface area contributed by atoms with E-state index in [0.29, 0.717) is 32.2 Å². The molecule has 0 spiro atoms. The number of piperidine rings is 1. The van der Waals surface area contributed by atoms with Crippen molar-refractivity contribution in [2.45, 2.75) is 32.2 Å². The van der Waals surface area contributed by atoms with Gasteiger partial charge in [-0.25, -0.2) is 0 Å².